The Morgan fingerprint density at radius 2 is 1.83 bits per heavy atom. The van der Waals surface area contributed by atoms with Gasteiger partial charge in [0.2, 0.25) is 0 Å². The average molecular weight is 242 g/mol. The molecular formula is C14H18N4. The molecule has 0 bridgehead atoms. The molecule has 1 atom stereocenters. The lowest BCUT2D eigenvalue weighted by atomic mass is 10.1. The van der Waals surface area contributed by atoms with E-state index >= 15 is 0 Å². The lowest BCUT2D eigenvalue weighted by Crippen LogP contribution is -2.29. The largest absolute Gasteiger partial charge is 0.329 e. The smallest absolute Gasteiger partial charge is 0.0577 e. The van der Waals surface area contributed by atoms with Crippen LogP contribution in [0.2, 0.25) is 0 Å². The van der Waals surface area contributed by atoms with Crippen molar-refractivity contribution < 1.29 is 0 Å². The Labute approximate surface area is 107 Å². The number of nitrogens with zero attached hydrogens (tertiary/aromatic N) is 2. The minimum Gasteiger partial charge on any atom is -0.329 e. The van der Waals surface area contributed by atoms with E-state index in [1.807, 2.05) is 48.8 Å². The maximum absolute atomic E-state index is 5.55. The molecular weight excluding hydrogens is 224 g/mol. The van der Waals surface area contributed by atoms with Gasteiger partial charge in [0, 0.05) is 37.6 Å². The van der Waals surface area contributed by atoms with Gasteiger partial charge in [-0.15, -0.1) is 0 Å². The van der Waals surface area contributed by atoms with Crippen LogP contribution in [0.5, 0.6) is 0 Å². The van der Waals surface area contributed by atoms with Crippen LogP contribution >= 0.6 is 0 Å². The molecule has 3 N–H and O–H groups in total. The highest BCUT2D eigenvalue weighted by molar-refractivity contribution is 5.13. The standard InChI is InChI=1S/C14H18N4/c15-7-10-18-14(13-6-2-4-9-17-13)11-12-5-1-3-8-16-12/h1-6,8-9,14,18H,7,10-11,15H2. The fourth-order valence-corrected chi connectivity index (χ4v) is 1.85. The first-order valence-electron chi connectivity index (χ1n) is 6.14. The molecule has 0 aliphatic rings. The van der Waals surface area contributed by atoms with Crippen LogP contribution in [0.3, 0.4) is 0 Å². The molecule has 94 valence electrons. The van der Waals surface area contributed by atoms with Gasteiger partial charge in [0.15, 0.2) is 0 Å². The van der Waals surface area contributed by atoms with Crippen LogP contribution in [0.4, 0.5) is 0 Å². The average Bonchev–Trinajstić information content (AvgIpc) is 2.45. The molecule has 0 aromatic carbocycles. The Morgan fingerprint density at radius 3 is 2.44 bits per heavy atom. The van der Waals surface area contributed by atoms with E-state index in [9.17, 15) is 0 Å². The van der Waals surface area contributed by atoms with Crippen LogP contribution in [0.25, 0.3) is 0 Å². The molecule has 0 aliphatic heterocycles. The number of nitrogens with one attached hydrogen (secondary N) is 1. The van der Waals surface area contributed by atoms with Crippen molar-refractivity contribution in [1.82, 2.24) is 15.3 Å². The molecule has 0 radical (unpaired) electrons. The molecule has 2 rings (SSSR count). The van der Waals surface area contributed by atoms with E-state index in [2.05, 4.69) is 15.3 Å². The first-order valence-corrected chi connectivity index (χ1v) is 6.14. The van der Waals surface area contributed by atoms with E-state index in [1.165, 1.54) is 0 Å². The third-order valence-electron chi connectivity index (χ3n) is 2.72. The fourth-order valence-electron chi connectivity index (χ4n) is 1.85. The Balaban J connectivity index is 2.10. The summed E-state index contributed by atoms with van der Waals surface area (Å²) >= 11 is 0. The van der Waals surface area contributed by atoms with Gasteiger partial charge in [-0.1, -0.05) is 12.1 Å². The summed E-state index contributed by atoms with van der Waals surface area (Å²) in [6.45, 7) is 1.39. The van der Waals surface area contributed by atoms with Gasteiger partial charge in [-0.3, -0.25) is 9.97 Å². The van der Waals surface area contributed by atoms with Crippen molar-refractivity contribution >= 4 is 0 Å². The molecule has 2 aromatic rings. The van der Waals surface area contributed by atoms with E-state index in [0.717, 1.165) is 24.4 Å². The topological polar surface area (TPSA) is 63.8 Å². The highest BCUT2D eigenvalue weighted by Crippen LogP contribution is 2.14. The zero-order chi connectivity index (χ0) is 12.6. The Hall–Kier alpha value is -1.78. The second-order valence-corrected chi connectivity index (χ2v) is 4.08. The molecule has 2 aromatic heterocycles. The summed E-state index contributed by atoms with van der Waals surface area (Å²) < 4.78 is 0. The van der Waals surface area contributed by atoms with Crippen LogP contribution in [-0.2, 0) is 6.42 Å². The zero-order valence-electron chi connectivity index (χ0n) is 10.3. The van der Waals surface area contributed by atoms with Gasteiger partial charge in [-0.25, -0.2) is 0 Å². The molecule has 4 nitrogen and oxygen atoms in total. The third-order valence-corrected chi connectivity index (χ3v) is 2.72. The zero-order valence-corrected chi connectivity index (χ0v) is 10.3. The van der Waals surface area contributed by atoms with Crippen molar-refractivity contribution in [3.63, 3.8) is 0 Å². The first-order chi connectivity index (χ1) is 8.90. The summed E-state index contributed by atoms with van der Waals surface area (Å²) in [4.78, 5) is 8.75. The van der Waals surface area contributed by atoms with Crippen LogP contribution in [0.15, 0.2) is 48.8 Å². The Bertz CT molecular complexity index is 444. The van der Waals surface area contributed by atoms with Crippen LogP contribution < -0.4 is 11.1 Å². The van der Waals surface area contributed by atoms with Crippen molar-refractivity contribution in [2.24, 2.45) is 5.73 Å². The highest BCUT2D eigenvalue weighted by Gasteiger charge is 2.12. The Kier molecular flexibility index (Phi) is 4.81. The van der Waals surface area contributed by atoms with Gasteiger partial charge in [0.25, 0.3) is 0 Å². The molecule has 1 unspecified atom stereocenters. The van der Waals surface area contributed by atoms with Gasteiger partial charge in [-0.2, -0.15) is 0 Å². The van der Waals surface area contributed by atoms with Crippen molar-refractivity contribution in [2.45, 2.75) is 12.5 Å². The van der Waals surface area contributed by atoms with E-state index in [0.29, 0.717) is 6.54 Å². The SMILES string of the molecule is NCCNC(Cc1ccccn1)c1ccccn1. The lowest BCUT2D eigenvalue weighted by molar-refractivity contribution is 0.521. The summed E-state index contributed by atoms with van der Waals surface area (Å²) in [6.07, 6.45) is 4.44. The fraction of sp³-hybridized carbons (Fsp3) is 0.286. The summed E-state index contributed by atoms with van der Waals surface area (Å²) in [6, 6.07) is 12.1. The van der Waals surface area contributed by atoms with E-state index in [1.54, 1.807) is 0 Å². The molecule has 4 heteroatoms. The highest BCUT2D eigenvalue weighted by atomic mass is 15.0. The third kappa shape index (κ3) is 3.61. The number of aromatic nitrogens is 2. The van der Waals surface area contributed by atoms with Gasteiger partial charge in [0.1, 0.15) is 0 Å². The van der Waals surface area contributed by atoms with Crippen LogP contribution in [0.1, 0.15) is 17.4 Å². The summed E-state index contributed by atoms with van der Waals surface area (Å²) in [7, 11) is 0. The monoisotopic (exact) mass is 242 g/mol. The number of nitrogens with two attached hydrogens (primary N) is 1. The molecule has 0 saturated heterocycles. The molecule has 0 fully saturated rings. The van der Waals surface area contributed by atoms with Gasteiger partial charge >= 0.3 is 0 Å². The lowest BCUT2D eigenvalue weighted by Gasteiger charge is -2.17. The predicted molar refractivity (Wildman–Crippen MR) is 72.0 cm³/mol. The second-order valence-electron chi connectivity index (χ2n) is 4.08. The normalized spacial score (nSPS) is 12.3. The van der Waals surface area contributed by atoms with Gasteiger partial charge in [-0.05, 0) is 24.3 Å². The summed E-state index contributed by atoms with van der Waals surface area (Å²) in [5.74, 6) is 0. The van der Waals surface area contributed by atoms with Crippen molar-refractivity contribution in [3.05, 3.63) is 60.2 Å². The van der Waals surface area contributed by atoms with Crippen molar-refractivity contribution in [1.29, 1.82) is 0 Å². The van der Waals surface area contributed by atoms with Gasteiger partial charge < -0.3 is 11.1 Å². The number of hydrogen-bond donors (Lipinski definition) is 2. The summed E-state index contributed by atoms with van der Waals surface area (Å²) in [5.41, 5.74) is 7.63. The second kappa shape index (κ2) is 6.83. The molecule has 0 spiro atoms. The number of rotatable bonds is 6. The number of hydrogen-bond acceptors (Lipinski definition) is 4. The van der Waals surface area contributed by atoms with Crippen molar-refractivity contribution in [2.75, 3.05) is 13.1 Å². The van der Waals surface area contributed by atoms with Crippen LogP contribution in [0, 0.1) is 0 Å². The molecule has 0 amide bonds. The van der Waals surface area contributed by atoms with Crippen molar-refractivity contribution in [3.8, 4) is 0 Å². The molecule has 0 aliphatic carbocycles. The minimum atomic E-state index is 0.157. The molecule has 0 saturated carbocycles. The predicted octanol–water partition coefficient (Wildman–Crippen LogP) is 1.31. The molecule has 18 heavy (non-hydrogen) atoms. The maximum atomic E-state index is 5.55. The molecule has 2 heterocycles. The minimum absolute atomic E-state index is 0.157. The van der Waals surface area contributed by atoms with E-state index in [-0.39, 0.29) is 6.04 Å². The van der Waals surface area contributed by atoms with E-state index < -0.39 is 0 Å². The van der Waals surface area contributed by atoms with Crippen LogP contribution in [-0.4, -0.2) is 23.1 Å². The maximum Gasteiger partial charge on any atom is 0.0577 e. The number of pyridine rings is 2. The van der Waals surface area contributed by atoms with E-state index in [4.69, 9.17) is 5.73 Å². The first kappa shape index (κ1) is 12.7. The Morgan fingerprint density at radius 1 is 1.06 bits per heavy atom. The summed E-state index contributed by atoms with van der Waals surface area (Å²) in [5, 5.41) is 3.41. The quantitative estimate of drug-likeness (QED) is 0.801. The van der Waals surface area contributed by atoms with Gasteiger partial charge in [0.05, 0.1) is 11.7 Å².